The van der Waals surface area contributed by atoms with Crippen molar-refractivity contribution in [1.82, 2.24) is 20.4 Å². The van der Waals surface area contributed by atoms with E-state index in [0.717, 1.165) is 21.3 Å². The van der Waals surface area contributed by atoms with Gasteiger partial charge in [-0.2, -0.15) is 0 Å². The monoisotopic (exact) mass is 320 g/mol. The fraction of sp³-hybridized carbons (Fsp3) is 0.500. The van der Waals surface area contributed by atoms with Gasteiger partial charge in [0.25, 0.3) is 5.91 Å². The van der Waals surface area contributed by atoms with Crippen molar-refractivity contribution in [3.63, 3.8) is 0 Å². The van der Waals surface area contributed by atoms with Crippen molar-refractivity contribution in [2.75, 3.05) is 19.6 Å². The van der Waals surface area contributed by atoms with Gasteiger partial charge in [0.15, 0.2) is 5.01 Å². The molecule has 3 aliphatic heterocycles. The van der Waals surface area contributed by atoms with Gasteiger partial charge in [-0.25, -0.2) is 0 Å². The average Bonchev–Trinajstić information content (AvgIpc) is 3.20. The normalized spacial score (nSPS) is 27.7. The van der Waals surface area contributed by atoms with Gasteiger partial charge >= 0.3 is 0 Å². The number of aromatic nitrogens is 2. The molecule has 1 N–H and O–H groups in total. The third-order valence-corrected chi connectivity index (χ3v) is 6.32. The first kappa shape index (κ1) is 13.4. The summed E-state index contributed by atoms with van der Waals surface area (Å²) in [5.74, 6) is 0.705. The maximum Gasteiger partial charge on any atom is 0.261 e. The van der Waals surface area contributed by atoms with E-state index in [1.807, 2.05) is 12.1 Å². The summed E-state index contributed by atoms with van der Waals surface area (Å²) >= 11 is 2.99. The molecule has 1 atom stereocenters. The highest BCUT2D eigenvalue weighted by atomic mass is 32.1. The SMILES string of the molecule is O=C(NC1CN2CCC1CC2)c1ccc(-c2nncs2)s1. The number of piperidine rings is 3. The Morgan fingerprint density at radius 1 is 1.33 bits per heavy atom. The number of amides is 1. The zero-order valence-electron chi connectivity index (χ0n) is 11.5. The minimum atomic E-state index is 0.0505. The Morgan fingerprint density at radius 2 is 2.19 bits per heavy atom. The molecule has 5 heterocycles. The molecule has 2 aromatic rings. The fourth-order valence-electron chi connectivity index (χ4n) is 3.22. The van der Waals surface area contributed by atoms with Crippen LogP contribution in [0.3, 0.4) is 0 Å². The maximum absolute atomic E-state index is 12.4. The summed E-state index contributed by atoms with van der Waals surface area (Å²) in [6.45, 7) is 3.39. The van der Waals surface area contributed by atoms with E-state index in [2.05, 4.69) is 20.4 Å². The van der Waals surface area contributed by atoms with Crippen LogP contribution in [0.25, 0.3) is 9.88 Å². The van der Waals surface area contributed by atoms with Crippen molar-refractivity contribution in [2.24, 2.45) is 5.92 Å². The van der Waals surface area contributed by atoms with E-state index < -0.39 is 0 Å². The van der Waals surface area contributed by atoms with E-state index in [1.54, 1.807) is 5.51 Å². The highest BCUT2D eigenvalue weighted by molar-refractivity contribution is 7.22. The van der Waals surface area contributed by atoms with E-state index in [1.165, 1.54) is 48.6 Å². The minimum Gasteiger partial charge on any atom is -0.347 e. The number of fused-ring (bicyclic) bond motifs is 3. The number of hydrogen-bond donors (Lipinski definition) is 1. The lowest BCUT2D eigenvalue weighted by molar-refractivity contribution is 0.0622. The molecule has 1 unspecified atom stereocenters. The molecule has 0 spiro atoms. The molecule has 5 rings (SSSR count). The van der Waals surface area contributed by atoms with Crippen LogP contribution < -0.4 is 5.32 Å². The summed E-state index contributed by atoms with van der Waals surface area (Å²) in [5, 5.41) is 12.0. The Kier molecular flexibility index (Phi) is 3.48. The summed E-state index contributed by atoms with van der Waals surface area (Å²) in [6.07, 6.45) is 2.43. The molecule has 21 heavy (non-hydrogen) atoms. The van der Waals surface area contributed by atoms with Crippen LogP contribution in [0.4, 0.5) is 0 Å². The predicted molar refractivity (Wildman–Crippen MR) is 83.6 cm³/mol. The highest BCUT2D eigenvalue weighted by Crippen LogP contribution is 2.30. The minimum absolute atomic E-state index is 0.0505. The van der Waals surface area contributed by atoms with Crippen molar-refractivity contribution in [1.29, 1.82) is 0 Å². The Bertz CT molecular complexity index is 631. The van der Waals surface area contributed by atoms with Crippen molar-refractivity contribution in [3.8, 4) is 9.88 Å². The van der Waals surface area contributed by atoms with Crippen LogP contribution in [-0.4, -0.2) is 46.7 Å². The molecular weight excluding hydrogens is 304 g/mol. The summed E-state index contributed by atoms with van der Waals surface area (Å²) in [5.41, 5.74) is 1.71. The van der Waals surface area contributed by atoms with Crippen molar-refractivity contribution < 1.29 is 4.79 Å². The van der Waals surface area contributed by atoms with E-state index in [0.29, 0.717) is 12.0 Å². The van der Waals surface area contributed by atoms with Gasteiger partial charge in [0.05, 0.1) is 9.75 Å². The van der Waals surface area contributed by atoms with Crippen LogP contribution in [0, 0.1) is 5.92 Å². The quantitative estimate of drug-likeness (QED) is 0.941. The summed E-state index contributed by atoms with van der Waals surface area (Å²) < 4.78 is 0. The van der Waals surface area contributed by atoms with Gasteiger partial charge in [0, 0.05) is 12.6 Å². The lowest BCUT2D eigenvalue weighted by Crippen LogP contribution is -2.57. The molecule has 2 bridgehead atoms. The second kappa shape index (κ2) is 5.47. The largest absolute Gasteiger partial charge is 0.347 e. The standard InChI is InChI=1S/C14H16N4OS2/c19-13(16-10-7-18-5-3-9(10)4-6-18)11-1-2-12(21-11)14-17-15-8-20-14/h1-2,8-10H,3-7H2,(H,16,19). The van der Waals surface area contributed by atoms with E-state index >= 15 is 0 Å². The van der Waals surface area contributed by atoms with Crippen LogP contribution >= 0.6 is 22.7 Å². The molecule has 110 valence electrons. The van der Waals surface area contributed by atoms with Gasteiger partial charge in [0.1, 0.15) is 5.51 Å². The molecule has 0 radical (unpaired) electrons. The lowest BCUT2D eigenvalue weighted by Gasteiger charge is -2.44. The molecule has 3 aliphatic rings. The van der Waals surface area contributed by atoms with Crippen LogP contribution in [0.1, 0.15) is 22.5 Å². The maximum atomic E-state index is 12.4. The van der Waals surface area contributed by atoms with Gasteiger partial charge in [-0.1, -0.05) is 11.3 Å². The first-order valence-electron chi connectivity index (χ1n) is 7.19. The third-order valence-electron chi connectivity index (χ3n) is 4.37. The van der Waals surface area contributed by atoms with Gasteiger partial charge < -0.3 is 10.2 Å². The number of thiophene rings is 1. The second-order valence-corrected chi connectivity index (χ2v) is 7.54. The first-order valence-corrected chi connectivity index (χ1v) is 8.89. The second-order valence-electron chi connectivity index (χ2n) is 5.63. The van der Waals surface area contributed by atoms with E-state index in [9.17, 15) is 4.79 Å². The first-order chi connectivity index (χ1) is 10.3. The van der Waals surface area contributed by atoms with Gasteiger partial charge in [0.2, 0.25) is 0 Å². The smallest absolute Gasteiger partial charge is 0.261 e. The zero-order valence-corrected chi connectivity index (χ0v) is 13.1. The van der Waals surface area contributed by atoms with Gasteiger partial charge in [-0.3, -0.25) is 4.79 Å². The predicted octanol–water partition coefficient (Wildman–Crippen LogP) is 2.09. The molecule has 7 heteroatoms. The summed E-state index contributed by atoms with van der Waals surface area (Å²) in [6, 6.07) is 4.15. The lowest BCUT2D eigenvalue weighted by atomic mass is 9.84. The molecule has 0 saturated carbocycles. The van der Waals surface area contributed by atoms with Crippen LogP contribution in [0.5, 0.6) is 0 Å². The number of carbonyl (C=O) groups is 1. The zero-order chi connectivity index (χ0) is 14.2. The highest BCUT2D eigenvalue weighted by Gasteiger charge is 2.35. The topological polar surface area (TPSA) is 58.1 Å². The average molecular weight is 320 g/mol. The van der Waals surface area contributed by atoms with Crippen LogP contribution in [0.2, 0.25) is 0 Å². The van der Waals surface area contributed by atoms with E-state index in [-0.39, 0.29) is 5.91 Å². The fourth-order valence-corrected chi connectivity index (χ4v) is 4.75. The molecule has 5 nitrogen and oxygen atoms in total. The Morgan fingerprint density at radius 3 is 2.86 bits per heavy atom. The number of rotatable bonds is 3. The molecule has 0 aromatic carbocycles. The number of nitrogens with zero attached hydrogens (tertiary/aromatic N) is 3. The molecular formula is C14H16N4OS2. The Balaban J connectivity index is 1.46. The van der Waals surface area contributed by atoms with E-state index in [4.69, 9.17) is 0 Å². The number of hydrogen-bond acceptors (Lipinski definition) is 6. The van der Waals surface area contributed by atoms with Gasteiger partial charge in [-0.05, 0) is 44.0 Å². The van der Waals surface area contributed by atoms with Crippen LogP contribution in [0.15, 0.2) is 17.6 Å². The number of carbonyl (C=O) groups excluding carboxylic acids is 1. The third kappa shape index (κ3) is 2.61. The van der Waals surface area contributed by atoms with Gasteiger partial charge in [-0.15, -0.1) is 21.5 Å². The number of nitrogens with one attached hydrogen (secondary N) is 1. The molecule has 3 fully saturated rings. The van der Waals surface area contributed by atoms with Crippen LogP contribution in [-0.2, 0) is 0 Å². The van der Waals surface area contributed by atoms with Crippen molar-refractivity contribution >= 4 is 28.6 Å². The Labute approximate surface area is 131 Å². The summed E-state index contributed by atoms with van der Waals surface area (Å²) in [7, 11) is 0. The Hall–Kier alpha value is -1.31. The molecule has 3 saturated heterocycles. The molecule has 2 aromatic heterocycles. The molecule has 0 aliphatic carbocycles. The molecule has 1 amide bonds. The summed E-state index contributed by atoms with van der Waals surface area (Å²) in [4.78, 5) is 16.6. The van der Waals surface area contributed by atoms with Crippen molar-refractivity contribution in [3.05, 3.63) is 22.5 Å². The van der Waals surface area contributed by atoms with Crippen molar-refractivity contribution in [2.45, 2.75) is 18.9 Å².